The van der Waals surface area contributed by atoms with E-state index in [1.54, 1.807) is 29.4 Å². The minimum atomic E-state index is -0.112. The first-order valence-corrected chi connectivity index (χ1v) is 7.16. The van der Waals surface area contributed by atoms with Gasteiger partial charge >= 0.3 is 0 Å². The molecule has 1 atom stereocenters. The van der Waals surface area contributed by atoms with Crippen molar-refractivity contribution in [3.05, 3.63) is 54.2 Å². The van der Waals surface area contributed by atoms with Gasteiger partial charge in [-0.1, -0.05) is 6.07 Å². The van der Waals surface area contributed by atoms with Crippen molar-refractivity contribution in [3.63, 3.8) is 0 Å². The molecule has 5 nitrogen and oxygen atoms in total. The fraction of sp³-hybridized carbons (Fsp3) is 0.375. The summed E-state index contributed by atoms with van der Waals surface area (Å²) in [6.07, 6.45) is 7.18. The average molecular weight is 286 g/mol. The van der Waals surface area contributed by atoms with Crippen LogP contribution in [0.1, 0.15) is 29.0 Å². The number of hydrogen-bond acceptors (Lipinski definition) is 4. The molecule has 5 heteroatoms. The second-order valence-corrected chi connectivity index (χ2v) is 5.16. The van der Waals surface area contributed by atoms with Crippen molar-refractivity contribution in [2.45, 2.75) is 25.5 Å². The van der Waals surface area contributed by atoms with Gasteiger partial charge in [0.05, 0.1) is 12.4 Å². The number of pyridine rings is 1. The van der Waals surface area contributed by atoms with E-state index in [1.807, 2.05) is 12.1 Å². The van der Waals surface area contributed by atoms with E-state index < -0.39 is 0 Å². The van der Waals surface area contributed by atoms with E-state index in [4.69, 9.17) is 9.15 Å². The van der Waals surface area contributed by atoms with Gasteiger partial charge in [0.25, 0.3) is 5.91 Å². The number of carbonyl (C=O) groups excluding carboxylic acids is 1. The van der Waals surface area contributed by atoms with E-state index in [1.165, 1.54) is 6.26 Å². The molecule has 21 heavy (non-hydrogen) atoms. The predicted molar refractivity (Wildman–Crippen MR) is 76.7 cm³/mol. The highest BCUT2D eigenvalue weighted by Crippen LogP contribution is 2.17. The van der Waals surface area contributed by atoms with Crippen LogP contribution in [0.2, 0.25) is 0 Å². The van der Waals surface area contributed by atoms with Crippen LogP contribution in [0.5, 0.6) is 0 Å². The van der Waals surface area contributed by atoms with Crippen LogP contribution in [0.15, 0.2) is 47.3 Å². The zero-order valence-corrected chi connectivity index (χ0v) is 11.8. The molecule has 1 aliphatic heterocycles. The molecule has 0 radical (unpaired) electrons. The zero-order valence-electron chi connectivity index (χ0n) is 11.8. The third kappa shape index (κ3) is 3.49. The van der Waals surface area contributed by atoms with Crippen LogP contribution in [0, 0.1) is 0 Å². The normalized spacial score (nSPS) is 17.8. The van der Waals surface area contributed by atoms with Crippen molar-refractivity contribution in [1.29, 1.82) is 0 Å². The molecular formula is C16H18N2O3. The van der Waals surface area contributed by atoms with Gasteiger partial charge in [-0.05, 0) is 36.6 Å². The molecule has 3 rings (SSSR count). The summed E-state index contributed by atoms with van der Waals surface area (Å²) in [6.45, 7) is 1.86. The van der Waals surface area contributed by atoms with Crippen LogP contribution in [-0.2, 0) is 11.3 Å². The Bertz CT molecular complexity index is 562. The number of rotatable bonds is 5. The first-order chi connectivity index (χ1) is 10.3. The highest BCUT2D eigenvalue weighted by molar-refractivity contribution is 5.91. The maximum absolute atomic E-state index is 12.6. The molecule has 1 aliphatic rings. The molecule has 0 spiro atoms. The lowest BCUT2D eigenvalue weighted by atomic mass is 10.2. The van der Waals surface area contributed by atoms with Crippen molar-refractivity contribution in [2.24, 2.45) is 0 Å². The van der Waals surface area contributed by atoms with Gasteiger partial charge in [-0.3, -0.25) is 9.78 Å². The third-order valence-corrected chi connectivity index (χ3v) is 3.56. The molecule has 110 valence electrons. The number of aromatic nitrogens is 1. The largest absolute Gasteiger partial charge is 0.459 e. The lowest BCUT2D eigenvalue weighted by Gasteiger charge is -2.24. The fourth-order valence-corrected chi connectivity index (χ4v) is 2.52. The molecule has 1 fully saturated rings. The minimum Gasteiger partial charge on any atom is -0.459 e. The Kier molecular flexibility index (Phi) is 4.31. The number of ether oxygens (including phenoxy) is 1. The smallest absolute Gasteiger partial charge is 0.289 e. The minimum absolute atomic E-state index is 0.112. The number of carbonyl (C=O) groups is 1. The molecule has 0 saturated carbocycles. The van der Waals surface area contributed by atoms with E-state index in [0.717, 1.165) is 25.0 Å². The maximum atomic E-state index is 12.6. The van der Waals surface area contributed by atoms with Crippen molar-refractivity contribution < 1.29 is 13.9 Å². The van der Waals surface area contributed by atoms with Crippen molar-refractivity contribution >= 4 is 5.91 Å². The first-order valence-electron chi connectivity index (χ1n) is 7.16. The SMILES string of the molecule is O=C(c1ccco1)N(Cc1cccnc1)C[C@@H]1CCCO1. The Morgan fingerprint density at radius 2 is 2.33 bits per heavy atom. The van der Waals surface area contributed by atoms with Crippen LogP contribution >= 0.6 is 0 Å². The zero-order chi connectivity index (χ0) is 14.5. The van der Waals surface area contributed by atoms with Crippen molar-refractivity contribution in [2.75, 3.05) is 13.2 Å². The molecule has 2 aromatic heterocycles. The molecule has 0 aliphatic carbocycles. The van der Waals surface area contributed by atoms with Crippen LogP contribution in [-0.4, -0.2) is 35.0 Å². The second kappa shape index (κ2) is 6.54. The number of nitrogens with zero attached hydrogens (tertiary/aromatic N) is 2. The second-order valence-electron chi connectivity index (χ2n) is 5.16. The molecule has 0 unspecified atom stereocenters. The summed E-state index contributed by atoms with van der Waals surface area (Å²) in [5.41, 5.74) is 0.996. The van der Waals surface area contributed by atoms with Gasteiger partial charge in [0, 0.05) is 32.1 Å². The van der Waals surface area contributed by atoms with E-state index in [2.05, 4.69) is 4.98 Å². The van der Waals surface area contributed by atoms with Gasteiger partial charge in [0.1, 0.15) is 0 Å². The van der Waals surface area contributed by atoms with Gasteiger partial charge < -0.3 is 14.1 Å². The van der Waals surface area contributed by atoms with Gasteiger partial charge in [0.15, 0.2) is 5.76 Å². The van der Waals surface area contributed by atoms with Crippen LogP contribution in [0.4, 0.5) is 0 Å². The van der Waals surface area contributed by atoms with Gasteiger partial charge in [-0.15, -0.1) is 0 Å². The summed E-state index contributed by atoms with van der Waals surface area (Å²) >= 11 is 0. The summed E-state index contributed by atoms with van der Waals surface area (Å²) in [4.78, 5) is 18.4. The summed E-state index contributed by atoms with van der Waals surface area (Å²) in [7, 11) is 0. The van der Waals surface area contributed by atoms with Crippen LogP contribution < -0.4 is 0 Å². The lowest BCUT2D eigenvalue weighted by Crippen LogP contribution is -2.36. The fourth-order valence-electron chi connectivity index (χ4n) is 2.52. The summed E-state index contributed by atoms with van der Waals surface area (Å²) in [5.74, 6) is 0.247. The topological polar surface area (TPSA) is 55.6 Å². The number of hydrogen-bond donors (Lipinski definition) is 0. The Morgan fingerprint density at radius 3 is 3.00 bits per heavy atom. The van der Waals surface area contributed by atoms with Crippen molar-refractivity contribution in [1.82, 2.24) is 9.88 Å². The lowest BCUT2D eigenvalue weighted by molar-refractivity contribution is 0.0484. The predicted octanol–water partition coefficient (Wildman–Crippen LogP) is 2.50. The molecule has 2 aromatic rings. The van der Waals surface area contributed by atoms with Crippen LogP contribution in [0.25, 0.3) is 0 Å². The quantitative estimate of drug-likeness (QED) is 0.847. The highest BCUT2D eigenvalue weighted by Gasteiger charge is 2.24. The molecule has 3 heterocycles. The summed E-state index contributed by atoms with van der Waals surface area (Å²) in [5, 5.41) is 0. The van der Waals surface area contributed by atoms with Crippen molar-refractivity contribution in [3.8, 4) is 0 Å². The standard InChI is InChI=1S/C16H18N2O3/c19-16(15-6-3-9-21-15)18(12-14-5-2-8-20-14)11-13-4-1-7-17-10-13/h1,3-4,6-7,9-10,14H,2,5,8,11-12H2/t14-/m0/s1. The van der Waals surface area contributed by atoms with Gasteiger partial charge in [0.2, 0.25) is 0 Å². The van der Waals surface area contributed by atoms with Gasteiger partial charge in [-0.25, -0.2) is 0 Å². The average Bonchev–Trinajstić information content (AvgIpc) is 3.20. The Labute approximate surface area is 123 Å². The Balaban J connectivity index is 1.75. The molecule has 0 aromatic carbocycles. The van der Waals surface area contributed by atoms with E-state index >= 15 is 0 Å². The number of amides is 1. The third-order valence-electron chi connectivity index (χ3n) is 3.56. The molecule has 1 saturated heterocycles. The van der Waals surface area contributed by atoms with E-state index in [9.17, 15) is 4.79 Å². The van der Waals surface area contributed by atoms with E-state index in [-0.39, 0.29) is 12.0 Å². The summed E-state index contributed by atoms with van der Waals surface area (Å²) in [6, 6.07) is 7.25. The van der Waals surface area contributed by atoms with Gasteiger partial charge in [-0.2, -0.15) is 0 Å². The monoisotopic (exact) mass is 286 g/mol. The Morgan fingerprint density at radius 1 is 1.38 bits per heavy atom. The number of furan rings is 1. The molecular weight excluding hydrogens is 268 g/mol. The summed E-state index contributed by atoms with van der Waals surface area (Å²) < 4.78 is 10.9. The molecule has 1 amide bonds. The molecule has 0 N–H and O–H groups in total. The van der Waals surface area contributed by atoms with E-state index in [0.29, 0.717) is 18.8 Å². The maximum Gasteiger partial charge on any atom is 0.289 e. The highest BCUT2D eigenvalue weighted by atomic mass is 16.5. The van der Waals surface area contributed by atoms with Crippen LogP contribution in [0.3, 0.4) is 0 Å². The Hall–Kier alpha value is -2.14. The first kappa shape index (κ1) is 13.8. The molecule has 0 bridgehead atoms.